The lowest BCUT2D eigenvalue weighted by Crippen LogP contribution is -2.11. The molecule has 1 aliphatic rings. The maximum absolute atomic E-state index is 12.4. The van der Waals surface area contributed by atoms with Crippen LogP contribution in [-0.4, -0.2) is 51.6 Å². The fraction of sp³-hybridized carbons (Fsp3) is 0.364. The van der Waals surface area contributed by atoms with Gasteiger partial charge in [-0.3, -0.25) is 19.2 Å². The van der Waals surface area contributed by atoms with Gasteiger partial charge < -0.3 is 18.9 Å². The fourth-order valence-corrected chi connectivity index (χ4v) is 6.83. The summed E-state index contributed by atoms with van der Waals surface area (Å²) in [5.41, 5.74) is 8.11. The van der Waals surface area contributed by atoms with Gasteiger partial charge in [-0.1, -0.05) is 27.7 Å². The third-order valence-electron chi connectivity index (χ3n) is 8.93. The lowest BCUT2D eigenvalue weighted by atomic mass is 9.88. The maximum atomic E-state index is 12.4. The van der Waals surface area contributed by atoms with E-state index in [1.165, 1.54) is 0 Å². The predicted octanol–water partition coefficient (Wildman–Crippen LogP) is 8.77. The van der Waals surface area contributed by atoms with Crippen molar-refractivity contribution in [1.82, 2.24) is 0 Å². The first-order chi connectivity index (χ1) is 25.4. The summed E-state index contributed by atoms with van der Waals surface area (Å²) < 4.78 is 26.0. The van der Waals surface area contributed by atoms with E-state index in [0.717, 1.165) is 95.3 Å². The van der Waals surface area contributed by atoms with E-state index < -0.39 is 0 Å². The zero-order valence-corrected chi connectivity index (χ0v) is 30.7. The fourth-order valence-electron chi connectivity index (χ4n) is 6.83. The van der Waals surface area contributed by atoms with Gasteiger partial charge in [0.1, 0.15) is 48.1 Å². The molecule has 0 radical (unpaired) electrons. The van der Waals surface area contributed by atoms with Gasteiger partial charge in [0.25, 0.3) is 0 Å². The SMILES string of the molecule is CCCOc1c2cc(C=O)cc1Cc1cc(C=O)cc(c1OCCC)Cc1cc(C=O)cc(c1OCCC)Cc1cc(C=O)cc(c1OCCC)C2. The van der Waals surface area contributed by atoms with Crippen molar-refractivity contribution in [2.75, 3.05) is 26.4 Å². The molecule has 5 rings (SSSR count). The third kappa shape index (κ3) is 8.79. The second-order valence-corrected chi connectivity index (χ2v) is 13.2. The van der Waals surface area contributed by atoms with Crippen molar-refractivity contribution in [2.45, 2.75) is 79.1 Å². The van der Waals surface area contributed by atoms with Crippen molar-refractivity contribution >= 4 is 25.1 Å². The normalized spacial score (nSPS) is 12.1. The highest BCUT2D eigenvalue weighted by Crippen LogP contribution is 2.40. The standard InChI is InChI=1S/C44H48O8/c1-5-9-49-41-33-13-29(25-45)14-34(41)22-36-16-31(27-47)18-38(43(36)51-11-7-3)24-40-20-32(28-48)19-39(44(40)52-12-8-4)23-37-17-30(26-46)15-35(21-33)42(37)50-10-6-2/h13-20,25-28H,5-12,21-24H2,1-4H3. The van der Waals surface area contributed by atoms with E-state index in [1.807, 2.05) is 76.2 Å². The Morgan fingerprint density at radius 3 is 0.673 bits per heavy atom. The van der Waals surface area contributed by atoms with Gasteiger partial charge in [-0.05, 0) is 119 Å². The highest BCUT2D eigenvalue weighted by Gasteiger charge is 2.24. The molecule has 8 nitrogen and oxygen atoms in total. The van der Waals surface area contributed by atoms with Gasteiger partial charge in [0.2, 0.25) is 0 Å². The minimum atomic E-state index is 0.319. The van der Waals surface area contributed by atoms with Gasteiger partial charge in [0.15, 0.2) is 0 Å². The second kappa shape index (κ2) is 18.3. The van der Waals surface area contributed by atoms with Crippen LogP contribution in [0.1, 0.15) is 139 Å². The molecule has 0 amide bonds. The largest absolute Gasteiger partial charge is 0.493 e. The summed E-state index contributed by atoms with van der Waals surface area (Å²) >= 11 is 0. The number of benzene rings is 4. The minimum Gasteiger partial charge on any atom is -0.493 e. The molecule has 4 aromatic rings. The molecule has 0 atom stereocenters. The lowest BCUT2D eigenvalue weighted by molar-refractivity contribution is 0.111. The number of rotatable bonds is 16. The summed E-state index contributed by atoms with van der Waals surface area (Å²) in [5, 5.41) is 0. The first-order valence-corrected chi connectivity index (χ1v) is 18.3. The molecular weight excluding hydrogens is 656 g/mol. The Morgan fingerprint density at radius 2 is 0.538 bits per heavy atom. The van der Waals surface area contributed by atoms with E-state index in [1.54, 1.807) is 0 Å². The highest BCUT2D eigenvalue weighted by molar-refractivity contribution is 5.80. The van der Waals surface area contributed by atoms with Crippen LogP contribution in [-0.2, 0) is 25.7 Å². The van der Waals surface area contributed by atoms with Gasteiger partial charge in [-0.25, -0.2) is 0 Å². The number of fused-ring (bicyclic) bond motifs is 8. The van der Waals surface area contributed by atoms with E-state index in [0.29, 0.717) is 97.4 Å². The minimum absolute atomic E-state index is 0.319. The first-order valence-electron chi connectivity index (χ1n) is 18.3. The average molecular weight is 705 g/mol. The van der Waals surface area contributed by atoms with Crippen LogP contribution in [0.3, 0.4) is 0 Å². The van der Waals surface area contributed by atoms with Crippen molar-refractivity contribution < 1.29 is 38.1 Å². The Hall–Kier alpha value is -5.24. The van der Waals surface area contributed by atoms with E-state index in [9.17, 15) is 19.2 Å². The number of carbonyl (C=O) groups excluding carboxylic acids is 4. The first kappa shape index (κ1) is 38.0. The molecule has 0 saturated heterocycles. The average Bonchev–Trinajstić information content (AvgIpc) is 3.15. The lowest BCUT2D eigenvalue weighted by Gasteiger charge is -2.24. The monoisotopic (exact) mass is 704 g/mol. The zero-order valence-electron chi connectivity index (χ0n) is 30.7. The molecular formula is C44H48O8. The Labute approximate surface area is 306 Å². The second-order valence-electron chi connectivity index (χ2n) is 13.2. The molecule has 8 bridgehead atoms. The van der Waals surface area contributed by atoms with E-state index in [2.05, 4.69) is 0 Å². The van der Waals surface area contributed by atoms with Crippen molar-refractivity contribution in [3.05, 3.63) is 115 Å². The Bertz CT molecular complexity index is 1550. The summed E-state index contributed by atoms with van der Waals surface area (Å²) in [6.45, 7) is 9.95. The topological polar surface area (TPSA) is 105 Å². The molecule has 0 aliphatic heterocycles. The summed E-state index contributed by atoms with van der Waals surface area (Å²) in [7, 11) is 0. The molecule has 0 fully saturated rings. The number of ether oxygens (including phenoxy) is 4. The van der Waals surface area contributed by atoms with Crippen LogP contribution < -0.4 is 18.9 Å². The van der Waals surface area contributed by atoms with Crippen molar-refractivity contribution in [2.24, 2.45) is 0 Å². The van der Waals surface area contributed by atoms with Gasteiger partial charge in [-0.2, -0.15) is 0 Å². The number of carbonyl (C=O) groups is 4. The molecule has 0 aromatic heterocycles. The molecule has 8 heteroatoms. The van der Waals surface area contributed by atoms with Crippen LogP contribution >= 0.6 is 0 Å². The molecule has 0 spiro atoms. The molecule has 52 heavy (non-hydrogen) atoms. The molecule has 0 heterocycles. The van der Waals surface area contributed by atoms with Crippen LogP contribution in [0.25, 0.3) is 0 Å². The smallest absolute Gasteiger partial charge is 0.150 e. The van der Waals surface area contributed by atoms with Crippen molar-refractivity contribution in [1.29, 1.82) is 0 Å². The zero-order chi connectivity index (χ0) is 37.0. The van der Waals surface area contributed by atoms with Crippen LogP contribution in [0.4, 0.5) is 0 Å². The summed E-state index contributed by atoms with van der Waals surface area (Å²) in [5.74, 6) is 2.59. The number of aldehydes is 4. The molecule has 272 valence electrons. The predicted molar refractivity (Wildman–Crippen MR) is 202 cm³/mol. The maximum Gasteiger partial charge on any atom is 0.150 e. The van der Waals surface area contributed by atoms with Crippen molar-refractivity contribution in [3.8, 4) is 23.0 Å². The molecule has 4 aromatic carbocycles. The van der Waals surface area contributed by atoms with E-state index >= 15 is 0 Å². The van der Waals surface area contributed by atoms with Gasteiger partial charge in [0, 0.05) is 47.9 Å². The third-order valence-corrected chi connectivity index (χ3v) is 8.93. The Kier molecular flexibility index (Phi) is 13.4. The molecule has 0 unspecified atom stereocenters. The summed E-state index contributed by atoms with van der Waals surface area (Å²) in [6, 6.07) is 14.7. The van der Waals surface area contributed by atoms with E-state index in [-0.39, 0.29) is 0 Å². The Morgan fingerprint density at radius 1 is 0.365 bits per heavy atom. The highest BCUT2D eigenvalue weighted by atomic mass is 16.5. The van der Waals surface area contributed by atoms with E-state index in [4.69, 9.17) is 18.9 Å². The molecule has 0 N–H and O–H groups in total. The molecule has 0 saturated carbocycles. The van der Waals surface area contributed by atoms with Crippen LogP contribution in [0.15, 0.2) is 48.5 Å². The van der Waals surface area contributed by atoms with Crippen LogP contribution in [0.5, 0.6) is 23.0 Å². The summed E-state index contributed by atoms with van der Waals surface area (Å²) in [6.07, 6.45) is 7.65. The van der Waals surface area contributed by atoms with Gasteiger partial charge in [0.05, 0.1) is 26.4 Å². The number of hydrogen-bond donors (Lipinski definition) is 0. The number of hydrogen-bond acceptors (Lipinski definition) is 8. The van der Waals surface area contributed by atoms with Crippen molar-refractivity contribution in [3.63, 3.8) is 0 Å². The summed E-state index contributed by atoms with van der Waals surface area (Å²) in [4.78, 5) is 49.8. The quantitative estimate of drug-likeness (QED) is 0.0940. The molecule has 1 aliphatic carbocycles. The van der Waals surface area contributed by atoms with Gasteiger partial charge in [-0.15, -0.1) is 0 Å². The van der Waals surface area contributed by atoms with Gasteiger partial charge >= 0.3 is 0 Å². The van der Waals surface area contributed by atoms with Crippen LogP contribution in [0, 0.1) is 0 Å². The van der Waals surface area contributed by atoms with Crippen LogP contribution in [0.2, 0.25) is 0 Å². The Balaban J connectivity index is 1.91.